The molecule has 1 heterocycles. The summed E-state index contributed by atoms with van der Waals surface area (Å²) in [6.45, 7) is 8.52. The fraction of sp³-hybridized carbons (Fsp3) is 0.653. The maximum atomic E-state index is 14.3. The molecule has 64 heavy (non-hydrogen) atoms. The van der Waals surface area contributed by atoms with E-state index in [0.29, 0.717) is 70.3 Å². The molecule has 15 heteroatoms. The average molecular weight is 885 g/mol. The minimum atomic E-state index is -2.86. The molecule has 5 fully saturated rings. The van der Waals surface area contributed by atoms with Crippen molar-refractivity contribution in [3.05, 3.63) is 58.7 Å². The van der Waals surface area contributed by atoms with E-state index >= 15 is 0 Å². The Morgan fingerprint density at radius 1 is 0.891 bits per heavy atom. The fourth-order valence-corrected chi connectivity index (χ4v) is 13.5. The maximum absolute atomic E-state index is 14.3. The second kappa shape index (κ2) is 17.0. The van der Waals surface area contributed by atoms with Crippen molar-refractivity contribution >= 4 is 29.0 Å². The molecule has 1 saturated heterocycles. The molecule has 346 valence electrons. The molecular formula is C49H64N4O11. The van der Waals surface area contributed by atoms with E-state index in [-0.39, 0.29) is 35.7 Å². The third-order valence-electron chi connectivity index (χ3n) is 17.0. The number of ketones is 4. The number of hydrogen-bond acceptors (Lipinski definition) is 14. The number of piperazine rings is 1. The zero-order valence-electron chi connectivity index (χ0n) is 37.5. The smallest absolute Gasteiger partial charge is 0.239 e. The number of carbonyl (C=O) groups is 5. The molecule has 12 unspecified atom stereocenters. The van der Waals surface area contributed by atoms with Gasteiger partial charge < -0.3 is 35.2 Å². The first-order chi connectivity index (χ1) is 30.5. The van der Waals surface area contributed by atoms with Crippen LogP contribution in [0.1, 0.15) is 85.3 Å². The van der Waals surface area contributed by atoms with Gasteiger partial charge in [-0.15, -0.1) is 0 Å². The standard InChI is InChI=1S/C49H64N4O11/c1-47-15-14-30-29-11-9-28(24-27(29)8-10-31(30)32(47)12-13-37(47)55)64-23-22-63-21-20-52-16-18-53(19-17-52)26-50-46(60)40-43(57)41(51(3)4)35-25-34-39(44(58)49(35,62)45(40)59)42(56)38-33(48(34,2)61)6-5-7-36(38)54/h5-7,9,11,24,30-32,34-35,37,39-41,54-55,61-62H,8,10,12-23,25-26H2,1-4H3,(H,50,60). The summed E-state index contributed by atoms with van der Waals surface area (Å²) in [5.41, 5.74) is -1.86. The highest BCUT2D eigenvalue weighted by atomic mass is 16.5. The van der Waals surface area contributed by atoms with E-state index in [1.165, 1.54) is 47.6 Å². The number of fused-ring (bicyclic) bond motifs is 8. The van der Waals surface area contributed by atoms with Gasteiger partial charge in [0.15, 0.2) is 34.7 Å². The number of aromatic hydroxyl groups is 1. The molecule has 9 rings (SSSR count). The molecular weight excluding hydrogens is 821 g/mol. The lowest BCUT2D eigenvalue weighted by Crippen LogP contribution is -2.75. The van der Waals surface area contributed by atoms with E-state index < -0.39 is 75.7 Å². The van der Waals surface area contributed by atoms with Gasteiger partial charge in [0.2, 0.25) is 5.91 Å². The van der Waals surface area contributed by atoms with Crippen LogP contribution in [0, 0.1) is 40.9 Å². The zero-order chi connectivity index (χ0) is 45.5. The van der Waals surface area contributed by atoms with Gasteiger partial charge in [0, 0.05) is 44.6 Å². The second-order valence-electron chi connectivity index (χ2n) is 20.4. The summed E-state index contributed by atoms with van der Waals surface area (Å²) in [4.78, 5) is 75.9. The van der Waals surface area contributed by atoms with E-state index in [1.807, 2.05) is 4.90 Å². The number of phenolic OH excluding ortho intramolecular Hbond substituents is 1. The second-order valence-corrected chi connectivity index (χ2v) is 20.4. The number of aliphatic hydroxyl groups is 3. The number of likely N-dealkylation sites (N-methyl/N-ethyl adjacent to an activating group) is 1. The predicted octanol–water partition coefficient (Wildman–Crippen LogP) is 2.05. The number of nitrogens with zero attached hydrogens (tertiary/aromatic N) is 3. The van der Waals surface area contributed by atoms with Crippen LogP contribution in [0.15, 0.2) is 36.4 Å². The van der Waals surface area contributed by atoms with Gasteiger partial charge in [-0.05, 0) is 124 Å². The minimum absolute atomic E-state index is 0.0378. The quantitative estimate of drug-likeness (QED) is 0.162. The van der Waals surface area contributed by atoms with Gasteiger partial charge in [0.1, 0.15) is 18.1 Å². The summed E-state index contributed by atoms with van der Waals surface area (Å²) in [5, 5.41) is 48.0. The van der Waals surface area contributed by atoms with Gasteiger partial charge in [-0.3, -0.25) is 38.7 Å². The van der Waals surface area contributed by atoms with Crippen molar-refractivity contribution in [1.82, 2.24) is 20.0 Å². The van der Waals surface area contributed by atoms with Crippen LogP contribution in [0.2, 0.25) is 0 Å². The van der Waals surface area contributed by atoms with Crippen molar-refractivity contribution in [2.24, 2.45) is 40.9 Å². The van der Waals surface area contributed by atoms with E-state index in [2.05, 4.69) is 35.3 Å². The molecule has 2 aromatic carbocycles. The van der Waals surface area contributed by atoms with Crippen LogP contribution < -0.4 is 10.1 Å². The van der Waals surface area contributed by atoms with Gasteiger partial charge in [-0.2, -0.15) is 0 Å². The number of nitrogens with one attached hydrogen (secondary N) is 1. The number of benzene rings is 2. The first kappa shape index (κ1) is 45.1. The highest BCUT2D eigenvalue weighted by Crippen LogP contribution is 2.61. The molecule has 0 spiro atoms. The molecule has 7 aliphatic rings. The number of Topliss-reactive ketones (excluding diaryl/α,β-unsaturated/α-hetero) is 4. The lowest BCUT2D eigenvalue weighted by Gasteiger charge is -2.55. The van der Waals surface area contributed by atoms with Crippen molar-refractivity contribution in [1.29, 1.82) is 0 Å². The van der Waals surface area contributed by atoms with Crippen molar-refractivity contribution in [3.63, 3.8) is 0 Å². The van der Waals surface area contributed by atoms with E-state index in [0.717, 1.165) is 37.9 Å². The molecule has 1 amide bonds. The first-order valence-electron chi connectivity index (χ1n) is 23.3. The van der Waals surface area contributed by atoms with Gasteiger partial charge >= 0.3 is 0 Å². The number of aliphatic hydroxyl groups excluding tert-OH is 1. The number of ether oxygens (including phenoxy) is 2. The Kier molecular flexibility index (Phi) is 12.0. The number of hydrogen-bond donors (Lipinski definition) is 5. The van der Waals surface area contributed by atoms with Crippen LogP contribution >= 0.6 is 0 Å². The van der Waals surface area contributed by atoms with Gasteiger partial charge in [-0.1, -0.05) is 25.1 Å². The molecule has 5 N–H and O–H groups in total. The Bertz CT molecular complexity index is 2210. The molecule has 2 aromatic rings. The average Bonchev–Trinajstić information content (AvgIpc) is 3.57. The highest BCUT2D eigenvalue weighted by Gasteiger charge is 2.71. The summed E-state index contributed by atoms with van der Waals surface area (Å²) in [5.74, 6) is -8.79. The number of amides is 1. The minimum Gasteiger partial charge on any atom is -0.507 e. The van der Waals surface area contributed by atoms with Gasteiger partial charge in [-0.25, -0.2) is 0 Å². The van der Waals surface area contributed by atoms with Crippen LogP contribution in [0.3, 0.4) is 0 Å². The fourth-order valence-electron chi connectivity index (χ4n) is 13.5. The topological polar surface area (TPSA) is 206 Å². The Morgan fingerprint density at radius 2 is 1.64 bits per heavy atom. The normalized spacial score (nSPS) is 37.3. The largest absolute Gasteiger partial charge is 0.507 e. The van der Waals surface area contributed by atoms with Crippen molar-refractivity contribution in [2.75, 3.05) is 73.3 Å². The van der Waals surface area contributed by atoms with Crippen molar-refractivity contribution in [3.8, 4) is 11.5 Å². The summed E-state index contributed by atoms with van der Waals surface area (Å²) in [6.07, 6.45) is 6.16. The molecule has 0 aromatic heterocycles. The van der Waals surface area contributed by atoms with Crippen LogP contribution in [-0.4, -0.2) is 155 Å². The maximum Gasteiger partial charge on any atom is 0.239 e. The summed E-state index contributed by atoms with van der Waals surface area (Å²) in [7, 11) is 3.11. The first-order valence-corrected chi connectivity index (χ1v) is 23.3. The highest BCUT2D eigenvalue weighted by molar-refractivity contribution is 6.32. The van der Waals surface area contributed by atoms with E-state index in [1.54, 1.807) is 14.1 Å². The van der Waals surface area contributed by atoms with Crippen LogP contribution in [-0.2, 0) is 35.9 Å². The predicted molar refractivity (Wildman–Crippen MR) is 232 cm³/mol. The van der Waals surface area contributed by atoms with Crippen LogP contribution in [0.4, 0.5) is 0 Å². The van der Waals surface area contributed by atoms with Crippen molar-refractivity contribution < 1.29 is 53.9 Å². The van der Waals surface area contributed by atoms with Crippen LogP contribution in [0.25, 0.3) is 0 Å². The number of aryl methyl sites for hydroxylation is 1. The Hall–Kier alpha value is -4.09. The lowest BCUT2D eigenvalue weighted by atomic mass is 9.49. The number of carbonyl (C=O) groups excluding carboxylic acids is 5. The third-order valence-corrected chi connectivity index (χ3v) is 17.0. The summed E-state index contributed by atoms with van der Waals surface area (Å²) < 4.78 is 12.0. The molecule has 6 aliphatic carbocycles. The molecule has 1 aliphatic heterocycles. The van der Waals surface area contributed by atoms with E-state index in [9.17, 15) is 44.4 Å². The molecule has 0 bridgehead atoms. The SMILES string of the molecule is CN(C)C1C(=O)C(C(=O)NCN2CCN(CCOCCOc3ccc4c(c3)CCC3C4CCC4(C)C(O)CCC34)CC2)C(=O)C2(O)C(=O)C3C(=O)c4c(O)cccc4C(C)(O)C3CC12. The third kappa shape index (κ3) is 7.24. The molecule has 4 saturated carbocycles. The van der Waals surface area contributed by atoms with Gasteiger partial charge in [0.05, 0.1) is 49.1 Å². The monoisotopic (exact) mass is 884 g/mol. The molecule has 0 radical (unpaired) electrons. The van der Waals surface area contributed by atoms with Gasteiger partial charge in [0.25, 0.3) is 0 Å². The number of rotatable bonds is 11. The Morgan fingerprint density at radius 3 is 2.39 bits per heavy atom. The van der Waals surface area contributed by atoms with Crippen molar-refractivity contribution in [2.45, 2.75) is 88.1 Å². The summed E-state index contributed by atoms with van der Waals surface area (Å²) in [6, 6.07) is 9.55. The Labute approximate surface area is 374 Å². The lowest BCUT2D eigenvalue weighted by molar-refractivity contribution is -0.188. The van der Waals surface area contributed by atoms with Crippen LogP contribution in [0.5, 0.6) is 11.5 Å². The Balaban J connectivity index is 0.733. The summed E-state index contributed by atoms with van der Waals surface area (Å²) >= 11 is 0. The van der Waals surface area contributed by atoms with E-state index in [4.69, 9.17) is 9.47 Å². The zero-order valence-corrected chi connectivity index (χ0v) is 37.5. The molecule has 12 atom stereocenters. The number of phenols is 1. The molecule has 15 nitrogen and oxygen atoms in total.